The summed E-state index contributed by atoms with van der Waals surface area (Å²) < 4.78 is 0. The monoisotopic (exact) mass is 393 g/mol. The highest BCUT2D eigenvalue weighted by Gasteiger charge is 2.43. The van der Waals surface area contributed by atoms with E-state index in [9.17, 15) is 5.26 Å². The molecule has 0 bridgehead atoms. The van der Waals surface area contributed by atoms with Gasteiger partial charge in [-0.1, -0.05) is 51.1 Å². The molecule has 0 saturated heterocycles. The van der Waals surface area contributed by atoms with E-state index in [2.05, 4.69) is 93.0 Å². The zero-order valence-electron chi connectivity index (χ0n) is 18.3. The van der Waals surface area contributed by atoms with Crippen molar-refractivity contribution in [1.29, 1.82) is 5.26 Å². The predicted molar refractivity (Wildman–Crippen MR) is 124 cm³/mol. The van der Waals surface area contributed by atoms with Crippen LogP contribution in [0.25, 0.3) is 0 Å². The Morgan fingerprint density at radius 2 is 1.57 bits per heavy atom. The Morgan fingerprint density at radius 3 is 2.23 bits per heavy atom. The molecule has 0 fully saturated rings. The number of hydrogen-bond donors (Lipinski definition) is 0. The Balaban J connectivity index is 1.77. The van der Waals surface area contributed by atoms with Crippen molar-refractivity contribution >= 4 is 22.7 Å². The van der Waals surface area contributed by atoms with Crippen LogP contribution in [0, 0.1) is 18.3 Å². The highest BCUT2D eigenvalue weighted by Crippen LogP contribution is 2.57. The number of nitrogens with zero attached hydrogens (tertiary/aromatic N) is 3. The van der Waals surface area contributed by atoms with Crippen molar-refractivity contribution in [1.82, 2.24) is 0 Å². The van der Waals surface area contributed by atoms with E-state index >= 15 is 0 Å². The number of aryl methyl sites for hydroxylation is 1. The number of benzene rings is 3. The fourth-order valence-corrected chi connectivity index (χ4v) is 5.32. The molecule has 2 atom stereocenters. The molecule has 3 aromatic carbocycles. The van der Waals surface area contributed by atoms with Gasteiger partial charge in [0, 0.05) is 11.6 Å². The van der Waals surface area contributed by atoms with Gasteiger partial charge in [-0.25, -0.2) is 0 Å². The van der Waals surface area contributed by atoms with Crippen LogP contribution in [-0.2, 0) is 0 Å². The van der Waals surface area contributed by atoms with Crippen molar-refractivity contribution in [3.8, 4) is 6.07 Å². The van der Waals surface area contributed by atoms with Crippen molar-refractivity contribution < 1.29 is 0 Å². The predicted octanol–water partition coefficient (Wildman–Crippen LogP) is 7.09. The van der Waals surface area contributed by atoms with E-state index in [1.54, 1.807) is 0 Å². The van der Waals surface area contributed by atoms with Gasteiger partial charge >= 0.3 is 0 Å². The van der Waals surface area contributed by atoms with Gasteiger partial charge in [0.1, 0.15) is 6.17 Å². The summed E-state index contributed by atoms with van der Waals surface area (Å²) in [5.41, 5.74) is 11.2. The molecule has 1 unspecified atom stereocenters. The smallest absolute Gasteiger partial charge is 0.108 e. The van der Waals surface area contributed by atoms with Crippen LogP contribution in [0.3, 0.4) is 0 Å². The van der Waals surface area contributed by atoms with Crippen molar-refractivity contribution in [3.05, 3.63) is 82.4 Å². The lowest BCUT2D eigenvalue weighted by molar-refractivity contribution is 0.726. The molecular weight excluding hydrogens is 366 g/mol. The van der Waals surface area contributed by atoms with E-state index in [4.69, 9.17) is 0 Å². The molecule has 3 nitrogen and oxygen atoms in total. The molecule has 2 heterocycles. The summed E-state index contributed by atoms with van der Waals surface area (Å²) in [5, 5.41) is 9.30. The Kier molecular flexibility index (Phi) is 4.15. The summed E-state index contributed by atoms with van der Waals surface area (Å²) in [5.74, 6) is 0.817. The summed E-state index contributed by atoms with van der Waals surface area (Å²) in [4.78, 5) is 4.99. The molecule has 3 aromatic rings. The number of anilines is 4. The lowest BCUT2D eigenvalue weighted by atomic mass is 9.83. The minimum absolute atomic E-state index is 0.152. The number of fused-ring (bicyclic) bond motifs is 2. The van der Waals surface area contributed by atoms with E-state index in [1.165, 1.54) is 39.4 Å². The number of rotatable bonds is 2. The second-order valence-corrected chi connectivity index (χ2v) is 8.86. The zero-order valence-corrected chi connectivity index (χ0v) is 18.3. The standard InChI is InChI=1S/C27H27N3/c1-16(2)21-8-6-9-22-18(4)23-10-7-11-25-27(23)30(26(21)22)19(5)29(25)24-13-12-20(15-28)14-17(24)3/h6-14,16,18-19H,1-5H3/t18?,19-/m0/s1. The van der Waals surface area contributed by atoms with Crippen molar-refractivity contribution in [2.45, 2.75) is 52.6 Å². The normalized spacial score (nSPS) is 19.0. The quantitative estimate of drug-likeness (QED) is 0.465. The SMILES string of the molecule is Cc1cc(C#N)ccc1N1c2cccc3c2N(c2c(C(C)C)cccc2C3C)[C@H]1C. The van der Waals surface area contributed by atoms with Crippen molar-refractivity contribution in [2.24, 2.45) is 0 Å². The molecule has 0 N–H and O–H groups in total. The first-order valence-electron chi connectivity index (χ1n) is 10.8. The van der Waals surface area contributed by atoms with Gasteiger partial charge in [0.05, 0.1) is 28.7 Å². The molecule has 30 heavy (non-hydrogen) atoms. The fourth-order valence-electron chi connectivity index (χ4n) is 5.32. The highest BCUT2D eigenvalue weighted by atomic mass is 15.4. The van der Waals surface area contributed by atoms with Gasteiger partial charge in [0.2, 0.25) is 0 Å². The molecule has 0 saturated carbocycles. The maximum absolute atomic E-state index is 9.30. The van der Waals surface area contributed by atoms with E-state index in [-0.39, 0.29) is 6.17 Å². The fraction of sp³-hybridized carbons (Fsp3) is 0.296. The topological polar surface area (TPSA) is 30.3 Å². The largest absolute Gasteiger partial charge is 0.318 e. The zero-order chi connectivity index (χ0) is 21.2. The summed E-state index contributed by atoms with van der Waals surface area (Å²) >= 11 is 0. The van der Waals surface area contributed by atoms with Crippen LogP contribution in [0.1, 0.15) is 67.3 Å². The van der Waals surface area contributed by atoms with Crippen LogP contribution in [-0.4, -0.2) is 6.17 Å². The van der Waals surface area contributed by atoms with Crippen LogP contribution >= 0.6 is 0 Å². The third-order valence-electron chi connectivity index (χ3n) is 6.77. The van der Waals surface area contributed by atoms with Crippen LogP contribution in [0.4, 0.5) is 22.7 Å². The molecule has 0 spiro atoms. The van der Waals surface area contributed by atoms with Gasteiger partial charge in [-0.05, 0) is 66.3 Å². The maximum Gasteiger partial charge on any atom is 0.108 e. The Hall–Kier alpha value is -3.25. The molecule has 3 heteroatoms. The number of para-hydroxylation sites is 2. The van der Waals surface area contributed by atoms with Crippen LogP contribution in [0.5, 0.6) is 0 Å². The first-order chi connectivity index (χ1) is 14.4. The average molecular weight is 394 g/mol. The Morgan fingerprint density at radius 1 is 0.867 bits per heavy atom. The molecule has 2 aliphatic rings. The van der Waals surface area contributed by atoms with Crippen LogP contribution in [0.15, 0.2) is 54.6 Å². The molecule has 0 amide bonds. The molecular formula is C27H27N3. The number of nitriles is 1. The van der Waals surface area contributed by atoms with Crippen LogP contribution in [0.2, 0.25) is 0 Å². The minimum atomic E-state index is 0.152. The lowest BCUT2D eigenvalue weighted by Gasteiger charge is -2.38. The third-order valence-corrected chi connectivity index (χ3v) is 6.77. The molecule has 0 radical (unpaired) electrons. The van der Waals surface area contributed by atoms with Gasteiger partial charge < -0.3 is 9.80 Å². The first kappa shape index (κ1) is 18.8. The summed E-state index contributed by atoms with van der Waals surface area (Å²) in [6, 6.07) is 21.8. The van der Waals surface area contributed by atoms with Crippen molar-refractivity contribution in [2.75, 3.05) is 9.80 Å². The molecule has 0 aromatic heterocycles. The Bertz CT molecular complexity index is 1200. The molecule has 150 valence electrons. The van der Waals surface area contributed by atoms with E-state index < -0.39 is 0 Å². The van der Waals surface area contributed by atoms with E-state index in [0.717, 1.165) is 5.56 Å². The molecule has 2 aliphatic heterocycles. The summed E-state index contributed by atoms with van der Waals surface area (Å²) in [7, 11) is 0. The van der Waals surface area contributed by atoms with Gasteiger partial charge in [-0.3, -0.25) is 0 Å². The average Bonchev–Trinajstić information content (AvgIpc) is 3.03. The second kappa shape index (κ2) is 6.64. The summed E-state index contributed by atoms with van der Waals surface area (Å²) in [6.45, 7) is 11.3. The van der Waals surface area contributed by atoms with Gasteiger partial charge in [-0.15, -0.1) is 0 Å². The second-order valence-electron chi connectivity index (χ2n) is 8.86. The molecule has 5 rings (SSSR count). The van der Waals surface area contributed by atoms with E-state index in [1.807, 2.05) is 12.1 Å². The minimum Gasteiger partial charge on any atom is -0.318 e. The lowest BCUT2D eigenvalue weighted by Crippen LogP contribution is -2.38. The van der Waals surface area contributed by atoms with E-state index in [0.29, 0.717) is 17.4 Å². The van der Waals surface area contributed by atoms with Crippen molar-refractivity contribution in [3.63, 3.8) is 0 Å². The van der Waals surface area contributed by atoms with Gasteiger partial charge in [0.15, 0.2) is 0 Å². The first-order valence-corrected chi connectivity index (χ1v) is 10.8. The highest BCUT2D eigenvalue weighted by molar-refractivity contribution is 5.95. The maximum atomic E-state index is 9.30. The van der Waals surface area contributed by atoms with Crippen LogP contribution < -0.4 is 9.80 Å². The molecule has 0 aliphatic carbocycles. The Labute approximate surface area is 179 Å². The number of hydrogen-bond acceptors (Lipinski definition) is 3. The van der Waals surface area contributed by atoms with Gasteiger partial charge in [0.25, 0.3) is 0 Å². The third kappa shape index (κ3) is 2.43. The van der Waals surface area contributed by atoms with Gasteiger partial charge in [-0.2, -0.15) is 5.26 Å². The summed E-state index contributed by atoms with van der Waals surface area (Å²) in [6.07, 6.45) is 0.152.